The molecule has 1 rings (SSSR count). The van der Waals surface area contributed by atoms with Crippen molar-refractivity contribution >= 4 is 11.9 Å². The fraction of sp³-hybridized carbons (Fsp3) is 0.200. The Morgan fingerprint density at radius 3 is 2.11 bits per heavy atom. The Morgan fingerprint density at radius 1 is 1.16 bits per heavy atom. The highest BCUT2D eigenvalue weighted by molar-refractivity contribution is 5.88. The molecule has 1 aromatic carbocycles. The van der Waals surface area contributed by atoms with E-state index in [0.29, 0.717) is 12.0 Å². The first-order chi connectivity index (χ1) is 9.04. The predicted octanol–water partition coefficient (Wildman–Crippen LogP) is 2.30. The maximum atomic E-state index is 11.0. The molecule has 0 atom stereocenters. The van der Waals surface area contributed by atoms with Crippen molar-refractivity contribution in [2.24, 2.45) is 0 Å². The van der Waals surface area contributed by atoms with Gasteiger partial charge < -0.3 is 9.47 Å². The van der Waals surface area contributed by atoms with Crippen LogP contribution in [0.1, 0.15) is 5.56 Å². The average molecular weight is 262 g/mol. The Bertz CT molecular complexity index is 435. The van der Waals surface area contributed by atoms with Crippen LogP contribution >= 0.6 is 0 Å². The lowest BCUT2D eigenvalue weighted by Crippen LogP contribution is -2.05. The van der Waals surface area contributed by atoms with Gasteiger partial charge in [-0.3, -0.25) is 0 Å². The quantitative estimate of drug-likeness (QED) is 0.617. The van der Waals surface area contributed by atoms with Crippen LogP contribution in [0.4, 0.5) is 0 Å². The summed E-state index contributed by atoms with van der Waals surface area (Å²) in [6.45, 7) is 6.80. The molecule has 4 heteroatoms. The SMILES string of the molecule is C=C(Cc1ccccc1)C(=O)OC.C=CC(=O)OC. The van der Waals surface area contributed by atoms with E-state index in [0.717, 1.165) is 11.6 Å². The third-order valence-electron chi connectivity index (χ3n) is 2.10. The summed E-state index contributed by atoms with van der Waals surface area (Å²) >= 11 is 0. The number of hydrogen-bond donors (Lipinski definition) is 0. The number of carbonyl (C=O) groups excluding carboxylic acids is 2. The third-order valence-corrected chi connectivity index (χ3v) is 2.10. The monoisotopic (exact) mass is 262 g/mol. The minimum absolute atomic E-state index is 0.344. The topological polar surface area (TPSA) is 52.6 Å². The van der Waals surface area contributed by atoms with Gasteiger partial charge in [-0.25, -0.2) is 9.59 Å². The molecular formula is C15H18O4. The Balaban J connectivity index is 0.000000459. The van der Waals surface area contributed by atoms with Gasteiger partial charge in [0.25, 0.3) is 0 Å². The lowest BCUT2D eigenvalue weighted by molar-refractivity contribution is -0.136. The standard InChI is InChI=1S/C11H12O2.C4H6O2/c1-9(11(12)13-2)8-10-6-4-3-5-7-10;1-3-4(5)6-2/h3-7H,1,8H2,2H3;3H,1H2,2H3. The normalized spacial score (nSPS) is 8.53. The minimum Gasteiger partial charge on any atom is -0.466 e. The Kier molecular flexibility index (Phi) is 8.45. The summed E-state index contributed by atoms with van der Waals surface area (Å²) < 4.78 is 8.69. The number of rotatable bonds is 4. The van der Waals surface area contributed by atoms with Crippen molar-refractivity contribution < 1.29 is 19.1 Å². The second kappa shape index (κ2) is 9.65. The second-order valence-electron chi connectivity index (χ2n) is 3.48. The van der Waals surface area contributed by atoms with Gasteiger partial charge in [0.05, 0.1) is 14.2 Å². The van der Waals surface area contributed by atoms with Crippen molar-refractivity contribution in [1.29, 1.82) is 0 Å². The van der Waals surface area contributed by atoms with Crippen LogP contribution in [0.15, 0.2) is 55.1 Å². The first kappa shape index (κ1) is 16.6. The maximum absolute atomic E-state index is 11.0. The van der Waals surface area contributed by atoms with E-state index in [9.17, 15) is 9.59 Å². The molecule has 0 fully saturated rings. The first-order valence-corrected chi connectivity index (χ1v) is 5.55. The summed E-state index contributed by atoms with van der Waals surface area (Å²) in [6.07, 6.45) is 1.66. The van der Waals surface area contributed by atoms with Crippen molar-refractivity contribution in [3.8, 4) is 0 Å². The molecular weight excluding hydrogens is 244 g/mol. The van der Waals surface area contributed by atoms with Crippen molar-refractivity contribution in [2.45, 2.75) is 6.42 Å². The Hall–Kier alpha value is -2.36. The molecule has 0 aliphatic carbocycles. The summed E-state index contributed by atoms with van der Waals surface area (Å²) in [6, 6.07) is 9.70. The van der Waals surface area contributed by atoms with Gasteiger partial charge in [-0.15, -0.1) is 0 Å². The molecule has 0 amide bonds. The van der Waals surface area contributed by atoms with Gasteiger partial charge in [0.15, 0.2) is 0 Å². The first-order valence-electron chi connectivity index (χ1n) is 5.55. The molecule has 0 aliphatic rings. The fourth-order valence-corrected chi connectivity index (χ4v) is 1.14. The van der Waals surface area contributed by atoms with Crippen molar-refractivity contribution in [3.63, 3.8) is 0 Å². The highest BCUT2D eigenvalue weighted by atomic mass is 16.5. The number of hydrogen-bond acceptors (Lipinski definition) is 4. The number of carbonyl (C=O) groups is 2. The van der Waals surface area contributed by atoms with Crippen LogP contribution in [0.3, 0.4) is 0 Å². The van der Waals surface area contributed by atoms with E-state index in [-0.39, 0.29) is 5.97 Å². The number of esters is 2. The van der Waals surface area contributed by atoms with Gasteiger partial charge in [-0.2, -0.15) is 0 Å². The molecule has 0 heterocycles. The average Bonchev–Trinajstić information content (AvgIpc) is 2.47. The Morgan fingerprint density at radius 2 is 1.74 bits per heavy atom. The van der Waals surface area contributed by atoms with Gasteiger partial charge in [-0.05, 0) is 5.56 Å². The molecule has 4 nitrogen and oxygen atoms in total. The maximum Gasteiger partial charge on any atom is 0.333 e. The van der Waals surface area contributed by atoms with Crippen LogP contribution in [-0.2, 0) is 25.5 Å². The van der Waals surface area contributed by atoms with Gasteiger partial charge in [0.1, 0.15) is 0 Å². The van der Waals surface area contributed by atoms with E-state index in [1.807, 2.05) is 30.3 Å². The van der Waals surface area contributed by atoms with Crippen LogP contribution < -0.4 is 0 Å². The van der Waals surface area contributed by atoms with Gasteiger partial charge >= 0.3 is 11.9 Å². The van der Waals surface area contributed by atoms with Gasteiger partial charge in [0.2, 0.25) is 0 Å². The van der Waals surface area contributed by atoms with Crippen LogP contribution in [-0.4, -0.2) is 26.2 Å². The molecule has 0 N–H and O–H groups in total. The molecule has 1 aromatic rings. The fourth-order valence-electron chi connectivity index (χ4n) is 1.14. The smallest absolute Gasteiger partial charge is 0.333 e. The molecule has 0 radical (unpaired) electrons. The molecule has 102 valence electrons. The highest BCUT2D eigenvalue weighted by Crippen LogP contribution is 2.06. The summed E-state index contributed by atoms with van der Waals surface area (Å²) in [7, 11) is 2.67. The van der Waals surface area contributed by atoms with Crippen molar-refractivity contribution in [3.05, 3.63) is 60.7 Å². The molecule has 0 saturated carbocycles. The predicted molar refractivity (Wildman–Crippen MR) is 73.5 cm³/mol. The summed E-state index contributed by atoms with van der Waals surface area (Å²) in [5.74, 6) is -0.737. The van der Waals surface area contributed by atoms with Crippen molar-refractivity contribution in [2.75, 3.05) is 14.2 Å². The lowest BCUT2D eigenvalue weighted by Gasteiger charge is -2.02. The van der Waals surface area contributed by atoms with Crippen LogP contribution in [0.25, 0.3) is 0 Å². The summed E-state index contributed by atoms with van der Waals surface area (Å²) in [5.41, 5.74) is 1.55. The zero-order valence-electron chi connectivity index (χ0n) is 11.2. The number of benzene rings is 1. The molecule has 19 heavy (non-hydrogen) atoms. The van der Waals surface area contributed by atoms with E-state index < -0.39 is 5.97 Å². The summed E-state index contributed by atoms with van der Waals surface area (Å²) in [5, 5.41) is 0. The molecule has 0 aliphatic heterocycles. The Labute approximate surface area is 113 Å². The van der Waals surface area contributed by atoms with E-state index in [4.69, 9.17) is 0 Å². The van der Waals surface area contributed by atoms with E-state index in [1.54, 1.807) is 0 Å². The number of ether oxygens (including phenoxy) is 2. The van der Waals surface area contributed by atoms with Crippen molar-refractivity contribution in [1.82, 2.24) is 0 Å². The van der Waals surface area contributed by atoms with Crippen LogP contribution in [0.5, 0.6) is 0 Å². The largest absolute Gasteiger partial charge is 0.466 e. The lowest BCUT2D eigenvalue weighted by atomic mass is 10.1. The molecule has 0 unspecified atom stereocenters. The highest BCUT2D eigenvalue weighted by Gasteiger charge is 2.06. The molecule has 0 bridgehead atoms. The molecule has 0 aromatic heterocycles. The number of methoxy groups -OCH3 is 2. The third kappa shape index (κ3) is 7.54. The molecule has 0 saturated heterocycles. The van der Waals surface area contributed by atoms with Gasteiger partial charge in [0, 0.05) is 18.1 Å². The summed E-state index contributed by atoms with van der Waals surface area (Å²) in [4.78, 5) is 20.8. The van der Waals surface area contributed by atoms with E-state index >= 15 is 0 Å². The minimum atomic E-state index is -0.394. The van der Waals surface area contributed by atoms with Crippen LogP contribution in [0.2, 0.25) is 0 Å². The zero-order chi connectivity index (χ0) is 14.7. The molecule has 0 spiro atoms. The van der Waals surface area contributed by atoms with E-state index in [1.165, 1.54) is 14.2 Å². The van der Waals surface area contributed by atoms with Crippen LogP contribution in [0, 0.1) is 0 Å². The zero-order valence-corrected chi connectivity index (χ0v) is 11.2. The second-order valence-corrected chi connectivity index (χ2v) is 3.48. The van der Waals surface area contributed by atoms with Gasteiger partial charge in [-0.1, -0.05) is 43.5 Å². The van der Waals surface area contributed by atoms with E-state index in [2.05, 4.69) is 22.6 Å².